The van der Waals surface area contributed by atoms with Crippen LogP contribution in [0, 0.1) is 0 Å². The largest absolute Gasteiger partial charge is 0.469 e. The summed E-state index contributed by atoms with van der Waals surface area (Å²) in [5.74, 6) is -0.301. The third-order valence-corrected chi connectivity index (χ3v) is 3.76. The normalized spacial score (nSPS) is 16.4. The molecule has 4 heteroatoms. The predicted octanol–water partition coefficient (Wildman–Crippen LogP) is 1.49. The molecule has 13 heavy (non-hydrogen) atoms. The van der Waals surface area contributed by atoms with Gasteiger partial charge < -0.3 is 4.74 Å². The maximum absolute atomic E-state index is 11.7. The Morgan fingerprint density at radius 3 is 2.23 bits per heavy atom. The number of hydrogen-bond acceptors (Lipinski definition) is 3. The lowest BCUT2D eigenvalue weighted by molar-refractivity contribution is -0.140. The van der Waals surface area contributed by atoms with Gasteiger partial charge in [0.1, 0.15) is 0 Å². The Balaban J connectivity index is 4.20. The fraction of sp³-hybridized carbons (Fsp3) is 0.889. The van der Waals surface area contributed by atoms with Gasteiger partial charge in [-0.3, -0.25) is 9.00 Å². The zero-order valence-corrected chi connectivity index (χ0v) is 9.73. The van der Waals surface area contributed by atoms with Gasteiger partial charge in [0.15, 0.2) is 0 Å². The van der Waals surface area contributed by atoms with Gasteiger partial charge in [-0.25, -0.2) is 0 Å². The van der Waals surface area contributed by atoms with Crippen molar-refractivity contribution in [2.75, 3.05) is 7.11 Å². The quantitative estimate of drug-likeness (QED) is 0.657. The van der Waals surface area contributed by atoms with Crippen LogP contribution in [0.5, 0.6) is 0 Å². The molecule has 0 aromatic rings. The molecule has 0 rings (SSSR count). The lowest BCUT2D eigenvalue weighted by Gasteiger charge is -2.22. The van der Waals surface area contributed by atoms with E-state index in [4.69, 9.17) is 0 Å². The lowest BCUT2D eigenvalue weighted by atomic mass is 10.3. The molecule has 0 bridgehead atoms. The van der Waals surface area contributed by atoms with Crippen molar-refractivity contribution in [3.8, 4) is 0 Å². The van der Waals surface area contributed by atoms with Crippen LogP contribution in [-0.4, -0.2) is 27.3 Å². The molecule has 0 aromatic heterocycles. The zero-order valence-electron chi connectivity index (χ0n) is 8.92. The smallest absolute Gasteiger partial charge is 0.306 e. The number of carbonyl (C=O) groups excluding carboxylic acids is 1. The summed E-state index contributed by atoms with van der Waals surface area (Å²) >= 11 is 0. The van der Waals surface area contributed by atoms with E-state index in [1.165, 1.54) is 7.11 Å². The number of carbonyl (C=O) groups is 1. The van der Waals surface area contributed by atoms with Crippen molar-refractivity contribution in [1.82, 2.24) is 0 Å². The molecule has 0 spiro atoms. The third-order valence-electron chi connectivity index (χ3n) is 1.65. The first kappa shape index (κ1) is 12.6. The number of rotatable bonds is 3. The summed E-state index contributed by atoms with van der Waals surface area (Å²) in [6.07, 6.45) is 0.223. The maximum Gasteiger partial charge on any atom is 0.306 e. The fourth-order valence-electron chi connectivity index (χ4n) is 0.997. The second kappa shape index (κ2) is 4.74. The van der Waals surface area contributed by atoms with Crippen LogP contribution in [-0.2, 0) is 20.3 Å². The van der Waals surface area contributed by atoms with E-state index < -0.39 is 10.8 Å². The van der Waals surface area contributed by atoms with E-state index in [0.717, 1.165) is 0 Å². The summed E-state index contributed by atoms with van der Waals surface area (Å²) in [7, 11) is 0.337. The minimum Gasteiger partial charge on any atom is -0.469 e. The Hall–Kier alpha value is -0.380. The molecule has 0 fully saturated rings. The van der Waals surface area contributed by atoms with Crippen molar-refractivity contribution >= 4 is 16.8 Å². The summed E-state index contributed by atoms with van der Waals surface area (Å²) in [6, 6.07) is 0. The standard InChI is InChI=1S/C9H18O3S/c1-7(6-8(10)12-5)13(11)9(2,3)4/h7H,6H2,1-5H3. The SMILES string of the molecule is COC(=O)CC(C)S(=O)C(C)(C)C. The first-order chi connectivity index (χ1) is 5.79. The molecule has 78 valence electrons. The molecule has 0 heterocycles. The number of hydrogen-bond donors (Lipinski definition) is 0. The molecule has 0 N–H and O–H groups in total. The van der Waals surface area contributed by atoms with Gasteiger partial charge in [0, 0.05) is 20.8 Å². The van der Waals surface area contributed by atoms with Gasteiger partial charge >= 0.3 is 5.97 Å². The molecule has 0 aromatic carbocycles. The molecule has 3 nitrogen and oxygen atoms in total. The van der Waals surface area contributed by atoms with Crippen molar-refractivity contribution in [3.05, 3.63) is 0 Å². The van der Waals surface area contributed by atoms with Gasteiger partial charge in [-0.05, 0) is 20.8 Å². The van der Waals surface area contributed by atoms with Crippen LogP contribution < -0.4 is 0 Å². The van der Waals surface area contributed by atoms with Gasteiger partial charge in [0.05, 0.1) is 13.5 Å². The van der Waals surface area contributed by atoms with E-state index in [2.05, 4.69) is 4.74 Å². The predicted molar refractivity (Wildman–Crippen MR) is 54.0 cm³/mol. The molecule has 2 atom stereocenters. The third kappa shape index (κ3) is 4.41. The number of methoxy groups -OCH3 is 1. The molecule has 0 saturated heterocycles. The van der Waals surface area contributed by atoms with Crippen LogP contribution >= 0.6 is 0 Å². The molecule has 0 radical (unpaired) electrons. The molecule has 2 unspecified atom stereocenters. The average molecular weight is 206 g/mol. The monoisotopic (exact) mass is 206 g/mol. The minimum absolute atomic E-state index is 0.146. The van der Waals surface area contributed by atoms with E-state index >= 15 is 0 Å². The molecule has 0 amide bonds. The summed E-state index contributed by atoms with van der Waals surface area (Å²) in [5, 5.41) is -0.146. The summed E-state index contributed by atoms with van der Waals surface area (Å²) < 4.78 is 16.0. The summed E-state index contributed by atoms with van der Waals surface area (Å²) in [6.45, 7) is 7.50. The highest BCUT2D eigenvalue weighted by Crippen LogP contribution is 2.17. The van der Waals surface area contributed by atoms with E-state index in [1.807, 2.05) is 20.8 Å². The van der Waals surface area contributed by atoms with E-state index in [-0.39, 0.29) is 22.4 Å². The fourth-order valence-corrected chi connectivity index (χ4v) is 2.49. The van der Waals surface area contributed by atoms with Crippen LogP contribution in [0.1, 0.15) is 34.1 Å². The van der Waals surface area contributed by atoms with Crippen LogP contribution in [0.2, 0.25) is 0 Å². The second-order valence-electron chi connectivity index (χ2n) is 4.00. The molecule has 0 aliphatic heterocycles. The molecular formula is C9H18O3S. The Morgan fingerprint density at radius 2 is 1.92 bits per heavy atom. The van der Waals surface area contributed by atoms with Crippen LogP contribution in [0.25, 0.3) is 0 Å². The van der Waals surface area contributed by atoms with Crippen molar-refractivity contribution in [3.63, 3.8) is 0 Å². The highest BCUT2D eigenvalue weighted by molar-refractivity contribution is 7.87. The highest BCUT2D eigenvalue weighted by atomic mass is 32.2. The molecule has 0 aliphatic rings. The molecular weight excluding hydrogens is 188 g/mol. The summed E-state index contributed by atoms with van der Waals surface area (Å²) in [4.78, 5) is 10.9. The van der Waals surface area contributed by atoms with E-state index in [1.54, 1.807) is 6.92 Å². The summed E-state index contributed by atoms with van der Waals surface area (Å²) in [5.41, 5.74) is 0. The van der Waals surface area contributed by atoms with Crippen molar-refractivity contribution < 1.29 is 13.7 Å². The van der Waals surface area contributed by atoms with Gasteiger partial charge in [-0.2, -0.15) is 0 Å². The van der Waals surface area contributed by atoms with E-state index in [0.29, 0.717) is 0 Å². The first-order valence-electron chi connectivity index (χ1n) is 4.26. The maximum atomic E-state index is 11.7. The topological polar surface area (TPSA) is 43.4 Å². The van der Waals surface area contributed by atoms with Crippen LogP contribution in [0.4, 0.5) is 0 Å². The molecule has 0 saturated carbocycles. The van der Waals surface area contributed by atoms with Gasteiger partial charge in [0.2, 0.25) is 0 Å². The van der Waals surface area contributed by atoms with Crippen LogP contribution in [0.3, 0.4) is 0 Å². The van der Waals surface area contributed by atoms with Gasteiger partial charge in [0.25, 0.3) is 0 Å². The molecule has 0 aliphatic carbocycles. The second-order valence-corrected chi connectivity index (χ2v) is 6.62. The van der Waals surface area contributed by atoms with Crippen LogP contribution in [0.15, 0.2) is 0 Å². The first-order valence-corrected chi connectivity index (χ1v) is 5.48. The van der Waals surface area contributed by atoms with Gasteiger partial charge in [-0.15, -0.1) is 0 Å². The average Bonchev–Trinajstić information content (AvgIpc) is 2.01. The Bertz CT molecular complexity index is 205. The minimum atomic E-state index is -1.01. The van der Waals surface area contributed by atoms with E-state index in [9.17, 15) is 9.00 Å². The number of esters is 1. The number of ether oxygens (including phenoxy) is 1. The zero-order chi connectivity index (χ0) is 10.6. The Labute approximate surface area is 82.3 Å². The highest BCUT2D eigenvalue weighted by Gasteiger charge is 2.26. The van der Waals surface area contributed by atoms with Crippen molar-refractivity contribution in [1.29, 1.82) is 0 Å². The van der Waals surface area contributed by atoms with Crippen molar-refractivity contribution in [2.24, 2.45) is 0 Å². The van der Waals surface area contributed by atoms with Crippen molar-refractivity contribution in [2.45, 2.75) is 44.1 Å². The van der Waals surface area contributed by atoms with Gasteiger partial charge in [-0.1, -0.05) is 6.92 Å². The Morgan fingerprint density at radius 1 is 1.46 bits per heavy atom. The Kier molecular flexibility index (Phi) is 4.61. The lowest BCUT2D eigenvalue weighted by Crippen LogP contribution is -2.31.